The molecule has 0 aromatic heterocycles. The summed E-state index contributed by atoms with van der Waals surface area (Å²) in [5.74, 6) is -2.80. The van der Waals surface area contributed by atoms with E-state index in [4.69, 9.17) is 4.74 Å². The smallest absolute Gasteiger partial charge is 0.491 e. The van der Waals surface area contributed by atoms with Crippen LogP contribution in [-0.2, 0) is 14.3 Å². The molecule has 4 nitrogen and oxygen atoms in total. The Kier molecular flexibility index (Phi) is 29.5. The van der Waals surface area contributed by atoms with Crippen LogP contribution in [0.4, 0.5) is 14.5 Å². The number of alkyl halides is 2. The van der Waals surface area contributed by atoms with Crippen LogP contribution in [0.15, 0.2) is 23.8 Å². The molecular weight excluding hydrogens is 519 g/mol. The summed E-state index contributed by atoms with van der Waals surface area (Å²) in [6.07, 6.45) is 13.7. The monoisotopic (exact) mass is 571 g/mol. The Bertz CT molecular complexity index is 862. The van der Waals surface area contributed by atoms with Crippen LogP contribution >= 0.6 is 0 Å². The first kappa shape index (κ1) is 45.2. The summed E-state index contributed by atoms with van der Waals surface area (Å²) in [6.45, 7) is 20.4. The van der Waals surface area contributed by atoms with E-state index in [9.17, 15) is 18.4 Å². The number of hydrogen-bond donors (Lipinski definition) is 0. The molecular formula is C33H52F2NNaO3-2. The van der Waals surface area contributed by atoms with Crippen molar-refractivity contribution in [3.05, 3.63) is 55.3 Å². The molecule has 0 bridgehead atoms. The van der Waals surface area contributed by atoms with Crippen LogP contribution in [-0.4, -0.2) is 37.4 Å². The molecule has 0 N–H and O–H groups in total. The molecule has 1 aliphatic rings. The van der Waals surface area contributed by atoms with Crippen molar-refractivity contribution in [1.29, 1.82) is 0 Å². The number of halogens is 2. The van der Waals surface area contributed by atoms with E-state index in [1.807, 2.05) is 13.8 Å². The van der Waals surface area contributed by atoms with Gasteiger partial charge in [-0.2, -0.15) is 0 Å². The fraction of sp³-hybridized carbons (Fsp3) is 0.576. The minimum Gasteiger partial charge on any atom is -0.491 e. The second-order valence-corrected chi connectivity index (χ2v) is 9.28. The van der Waals surface area contributed by atoms with Gasteiger partial charge in [0.2, 0.25) is 5.92 Å². The number of carbonyl (C=O) groups is 2. The molecule has 40 heavy (non-hydrogen) atoms. The molecule has 224 valence electrons. The van der Waals surface area contributed by atoms with Gasteiger partial charge in [0.25, 0.3) is 0 Å². The Morgan fingerprint density at radius 1 is 1.12 bits per heavy atom. The van der Waals surface area contributed by atoms with Gasteiger partial charge in [0, 0.05) is 31.6 Å². The predicted molar refractivity (Wildman–Crippen MR) is 162 cm³/mol. The van der Waals surface area contributed by atoms with E-state index in [0.717, 1.165) is 19.5 Å². The molecule has 7 heteroatoms. The van der Waals surface area contributed by atoms with E-state index in [-0.39, 0.29) is 80.3 Å². The Balaban J connectivity index is -0.000000242. The Hall–Kier alpha value is -1.81. The molecule has 0 heterocycles. The van der Waals surface area contributed by atoms with Crippen LogP contribution in [0.2, 0.25) is 0 Å². The molecule has 0 amide bonds. The van der Waals surface area contributed by atoms with Gasteiger partial charge in [-0.1, -0.05) is 46.2 Å². The van der Waals surface area contributed by atoms with Crippen molar-refractivity contribution in [3.63, 3.8) is 0 Å². The maximum atomic E-state index is 12.7. The van der Waals surface area contributed by atoms with Crippen molar-refractivity contribution in [2.45, 2.75) is 99.3 Å². The quantitative estimate of drug-likeness (QED) is 0.160. The SMILES string of the molecule is C#C.CCCN(CCC)c1cccc(C)c1C.CCOC(=O)CC1=[C-]CC(F)(F)CC1.[CH2-]C(=O)C(C)CC.[CH3-].[Na+]. The first-order valence-electron chi connectivity index (χ1n) is 13.5. The third kappa shape index (κ3) is 20.1. The van der Waals surface area contributed by atoms with Crippen LogP contribution in [0.1, 0.15) is 90.7 Å². The average Bonchev–Trinajstić information content (AvgIpc) is 2.88. The van der Waals surface area contributed by atoms with E-state index >= 15 is 0 Å². The molecule has 0 fully saturated rings. The van der Waals surface area contributed by atoms with Gasteiger partial charge in [-0.25, -0.2) is 14.4 Å². The van der Waals surface area contributed by atoms with Crippen LogP contribution in [0.25, 0.3) is 0 Å². The molecule has 0 saturated heterocycles. The van der Waals surface area contributed by atoms with Gasteiger partial charge in [0.15, 0.2) is 0 Å². The zero-order chi connectivity index (χ0) is 29.7. The largest absolute Gasteiger partial charge is 1.00 e. The zero-order valence-corrected chi connectivity index (χ0v) is 28.7. The number of esters is 1. The number of aryl methyl sites for hydroxylation is 1. The fourth-order valence-electron chi connectivity index (χ4n) is 3.50. The number of ketones is 1. The maximum absolute atomic E-state index is 12.7. The van der Waals surface area contributed by atoms with Gasteiger partial charge >= 0.3 is 35.5 Å². The summed E-state index contributed by atoms with van der Waals surface area (Å²) in [5.41, 5.74) is 4.89. The van der Waals surface area contributed by atoms with Crippen molar-refractivity contribution in [1.82, 2.24) is 0 Å². The number of Topliss-reactive ketones (excluding diaryl/α,β-unsaturated/α-hetero) is 1. The molecule has 1 aromatic carbocycles. The summed E-state index contributed by atoms with van der Waals surface area (Å²) in [4.78, 5) is 23.8. The molecule has 2 rings (SSSR count). The van der Waals surface area contributed by atoms with Crippen LogP contribution in [0.5, 0.6) is 0 Å². The first-order chi connectivity index (χ1) is 17.9. The molecule has 1 aromatic rings. The Labute approximate surface area is 267 Å². The summed E-state index contributed by atoms with van der Waals surface area (Å²) < 4.78 is 30.1. The van der Waals surface area contributed by atoms with E-state index in [2.05, 4.69) is 76.6 Å². The zero-order valence-electron chi connectivity index (χ0n) is 26.7. The molecule has 0 radical (unpaired) electrons. The molecule has 0 spiro atoms. The molecule has 0 aliphatic heterocycles. The average molecular weight is 572 g/mol. The predicted octanol–water partition coefficient (Wildman–Crippen LogP) is 5.56. The number of terminal acetylenes is 1. The van der Waals surface area contributed by atoms with Crippen molar-refractivity contribution in [2.75, 3.05) is 24.6 Å². The molecule has 0 saturated carbocycles. The topological polar surface area (TPSA) is 46.6 Å². The normalized spacial score (nSPS) is 13.3. The van der Waals surface area contributed by atoms with E-state index in [1.54, 1.807) is 6.92 Å². The minimum atomic E-state index is -2.64. The molecule has 1 unspecified atom stereocenters. The van der Waals surface area contributed by atoms with Gasteiger partial charge in [0.05, 0.1) is 6.61 Å². The fourth-order valence-corrected chi connectivity index (χ4v) is 3.50. The maximum Gasteiger partial charge on any atom is 1.00 e. The van der Waals surface area contributed by atoms with Gasteiger partial charge in [-0.3, -0.25) is 4.79 Å². The second kappa shape index (κ2) is 26.1. The summed E-state index contributed by atoms with van der Waals surface area (Å²) in [7, 11) is 0. The molecule has 1 aliphatic carbocycles. The summed E-state index contributed by atoms with van der Waals surface area (Å²) in [6, 6.07) is 6.60. The third-order valence-electron chi connectivity index (χ3n) is 6.12. The number of anilines is 1. The van der Waals surface area contributed by atoms with Gasteiger partial charge in [0.1, 0.15) is 0 Å². The van der Waals surface area contributed by atoms with Crippen molar-refractivity contribution in [2.24, 2.45) is 5.92 Å². The van der Waals surface area contributed by atoms with Crippen molar-refractivity contribution >= 4 is 17.4 Å². The standard InChI is InChI=1S/C14H23N.C10H13F2O2.C6H11O.C2H2.CH3.Na/c1-5-10-15(11-6-2)14-9-7-8-12(3)13(14)4;1-2-14-9(13)7-8-3-5-10(11,12)6-4-8;1-4-5(2)6(3)7;1-2;;/h7-9H,5-6,10-11H2,1-4H3;2-3,5-7H2,1H3;5H,3-4H2,1-2H3;1-2H;1H3;/q;2*-1;;-1;+1. The number of hydrogen-bond acceptors (Lipinski definition) is 4. The minimum absolute atomic E-state index is 0. The number of carbonyl (C=O) groups excluding carboxylic acids is 2. The Morgan fingerprint density at radius 3 is 2.05 bits per heavy atom. The van der Waals surface area contributed by atoms with Crippen LogP contribution < -0.4 is 34.5 Å². The van der Waals surface area contributed by atoms with E-state index in [0.29, 0.717) is 12.2 Å². The van der Waals surface area contributed by atoms with Gasteiger partial charge in [-0.15, -0.1) is 19.3 Å². The number of ether oxygens (including phenoxy) is 1. The number of rotatable bonds is 10. The van der Waals surface area contributed by atoms with Crippen LogP contribution in [0, 0.1) is 53.0 Å². The van der Waals surface area contributed by atoms with E-state index < -0.39 is 5.92 Å². The second-order valence-electron chi connectivity index (χ2n) is 9.28. The molecule has 1 atom stereocenters. The number of nitrogens with zero attached hydrogens (tertiary/aromatic N) is 1. The van der Waals surface area contributed by atoms with Crippen molar-refractivity contribution < 1.29 is 52.7 Å². The van der Waals surface area contributed by atoms with Gasteiger partial charge in [-0.05, 0) is 68.9 Å². The van der Waals surface area contributed by atoms with Crippen LogP contribution in [0.3, 0.4) is 0 Å². The first-order valence-corrected chi connectivity index (χ1v) is 13.5. The van der Waals surface area contributed by atoms with Gasteiger partial charge < -0.3 is 34.9 Å². The Morgan fingerprint density at radius 2 is 1.68 bits per heavy atom. The summed E-state index contributed by atoms with van der Waals surface area (Å²) >= 11 is 0. The number of benzene rings is 1. The number of allylic oxidation sites excluding steroid dienone is 1. The summed E-state index contributed by atoms with van der Waals surface area (Å²) in [5, 5.41) is 0. The third-order valence-corrected chi connectivity index (χ3v) is 6.12. The van der Waals surface area contributed by atoms with E-state index in [1.165, 1.54) is 29.7 Å². The van der Waals surface area contributed by atoms with Crippen molar-refractivity contribution in [3.8, 4) is 12.8 Å².